The summed E-state index contributed by atoms with van der Waals surface area (Å²) < 4.78 is 26.7. The standard InChI is InChI=1S/C11H20N2O2S2/c1-4-7-12-8-10-5-6-11(16-10)17(14,15)13-9(2)3/h5-6,9,12-13H,4,7-8H2,1-3H3. The Labute approximate surface area is 107 Å². The fraction of sp³-hybridized carbons (Fsp3) is 0.636. The molecular formula is C11H20N2O2S2. The van der Waals surface area contributed by atoms with Crippen LogP contribution in [0.5, 0.6) is 0 Å². The van der Waals surface area contributed by atoms with E-state index in [0.29, 0.717) is 4.21 Å². The van der Waals surface area contributed by atoms with Gasteiger partial charge in [0.05, 0.1) is 0 Å². The molecule has 0 aromatic carbocycles. The molecule has 1 heterocycles. The minimum atomic E-state index is -3.33. The summed E-state index contributed by atoms with van der Waals surface area (Å²) in [5.74, 6) is 0. The molecule has 0 saturated heterocycles. The Morgan fingerprint density at radius 3 is 2.65 bits per heavy atom. The van der Waals surface area contributed by atoms with E-state index in [4.69, 9.17) is 0 Å². The summed E-state index contributed by atoms with van der Waals surface area (Å²) in [6, 6.07) is 3.45. The lowest BCUT2D eigenvalue weighted by Crippen LogP contribution is -2.29. The van der Waals surface area contributed by atoms with Crippen LogP contribution in [-0.4, -0.2) is 21.0 Å². The van der Waals surface area contributed by atoms with E-state index in [1.807, 2.05) is 19.9 Å². The second-order valence-corrected chi connectivity index (χ2v) is 7.28. The summed E-state index contributed by atoms with van der Waals surface area (Å²) >= 11 is 1.32. The molecule has 2 N–H and O–H groups in total. The normalized spacial score (nSPS) is 12.2. The molecule has 0 saturated carbocycles. The van der Waals surface area contributed by atoms with E-state index >= 15 is 0 Å². The van der Waals surface area contributed by atoms with Crippen molar-refractivity contribution >= 4 is 21.4 Å². The van der Waals surface area contributed by atoms with Gasteiger partial charge in [0.1, 0.15) is 4.21 Å². The van der Waals surface area contributed by atoms with E-state index in [1.54, 1.807) is 6.07 Å². The molecule has 0 aliphatic heterocycles. The Morgan fingerprint density at radius 1 is 1.35 bits per heavy atom. The van der Waals surface area contributed by atoms with E-state index < -0.39 is 10.0 Å². The van der Waals surface area contributed by atoms with Gasteiger partial charge in [-0.15, -0.1) is 11.3 Å². The van der Waals surface area contributed by atoms with Gasteiger partial charge in [-0.1, -0.05) is 6.92 Å². The molecule has 0 atom stereocenters. The quantitative estimate of drug-likeness (QED) is 0.748. The van der Waals surface area contributed by atoms with E-state index in [-0.39, 0.29) is 6.04 Å². The summed E-state index contributed by atoms with van der Waals surface area (Å²) in [5, 5.41) is 3.25. The summed E-state index contributed by atoms with van der Waals surface area (Å²) in [6.45, 7) is 7.41. The first kappa shape index (κ1) is 14.6. The van der Waals surface area contributed by atoms with Crippen molar-refractivity contribution in [2.24, 2.45) is 0 Å². The topological polar surface area (TPSA) is 58.2 Å². The third-order valence-corrected chi connectivity index (χ3v) is 5.25. The van der Waals surface area contributed by atoms with Crippen molar-refractivity contribution < 1.29 is 8.42 Å². The Bertz CT molecular complexity index is 438. The van der Waals surface area contributed by atoms with Gasteiger partial charge in [-0.05, 0) is 38.9 Å². The van der Waals surface area contributed by atoms with Crippen molar-refractivity contribution in [1.82, 2.24) is 10.0 Å². The Hall–Kier alpha value is -0.430. The molecule has 0 fully saturated rings. The van der Waals surface area contributed by atoms with E-state index in [2.05, 4.69) is 17.0 Å². The number of sulfonamides is 1. The second-order valence-electron chi connectivity index (χ2n) is 4.17. The zero-order valence-corrected chi connectivity index (χ0v) is 12.1. The van der Waals surface area contributed by atoms with Gasteiger partial charge in [0.2, 0.25) is 10.0 Å². The fourth-order valence-electron chi connectivity index (χ4n) is 1.35. The van der Waals surface area contributed by atoms with Gasteiger partial charge in [-0.2, -0.15) is 0 Å². The molecule has 0 bridgehead atoms. The van der Waals surface area contributed by atoms with Gasteiger partial charge in [0.25, 0.3) is 0 Å². The Balaban J connectivity index is 2.67. The molecule has 0 aliphatic carbocycles. The molecule has 0 aliphatic rings. The lowest BCUT2D eigenvalue weighted by molar-refractivity contribution is 0.572. The number of rotatable bonds is 7. The van der Waals surface area contributed by atoms with Gasteiger partial charge in [-0.3, -0.25) is 0 Å². The molecule has 1 aromatic rings. The molecule has 0 spiro atoms. The zero-order valence-electron chi connectivity index (χ0n) is 10.5. The molecule has 17 heavy (non-hydrogen) atoms. The molecule has 1 aromatic heterocycles. The third-order valence-electron chi connectivity index (χ3n) is 2.02. The third kappa shape index (κ3) is 4.75. The first-order chi connectivity index (χ1) is 7.95. The summed E-state index contributed by atoms with van der Waals surface area (Å²) in [5.41, 5.74) is 0. The number of hydrogen-bond acceptors (Lipinski definition) is 4. The highest BCUT2D eigenvalue weighted by atomic mass is 32.2. The highest BCUT2D eigenvalue weighted by Gasteiger charge is 2.17. The van der Waals surface area contributed by atoms with Crippen molar-refractivity contribution in [2.75, 3.05) is 6.54 Å². The monoisotopic (exact) mass is 276 g/mol. The minimum Gasteiger partial charge on any atom is -0.312 e. The van der Waals surface area contributed by atoms with Crippen molar-refractivity contribution in [3.63, 3.8) is 0 Å². The molecular weight excluding hydrogens is 256 g/mol. The summed E-state index contributed by atoms with van der Waals surface area (Å²) in [6.07, 6.45) is 1.07. The summed E-state index contributed by atoms with van der Waals surface area (Å²) in [7, 11) is -3.33. The van der Waals surface area contributed by atoms with E-state index in [0.717, 1.165) is 24.4 Å². The average molecular weight is 276 g/mol. The predicted molar refractivity (Wildman–Crippen MR) is 71.8 cm³/mol. The highest BCUT2D eigenvalue weighted by molar-refractivity contribution is 7.91. The average Bonchev–Trinajstić information content (AvgIpc) is 2.65. The SMILES string of the molecule is CCCNCc1ccc(S(=O)(=O)NC(C)C)s1. The van der Waals surface area contributed by atoms with Crippen molar-refractivity contribution in [3.8, 4) is 0 Å². The fourth-order valence-corrected chi connectivity index (χ4v) is 3.95. The minimum absolute atomic E-state index is 0.0798. The maximum Gasteiger partial charge on any atom is 0.250 e. The number of hydrogen-bond donors (Lipinski definition) is 2. The first-order valence-electron chi connectivity index (χ1n) is 5.77. The molecule has 0 radical (unpaired) electrons. The van der Waals surface area contributed by atoms with Crippen LogP contribution in [0.4, 0.5) is 0 Å². The Kier molecular flexibility index (Phi) is 5.58. The van der Waals surface area contributed by atoms with Gasteiger partial charge in [0.15, 0.2) is 0 Å². The van der Waals surface area contributed by atoms with Crippen LogP contribution in [0, 0.1) is 0 Å². The van der Waals surface area contributed by atoms with Gasteiger partial charge in [-0.25, -0.2) is 13.1 Å². The predicted octanol–water partition coefficient (Wildman–Crippen LogP) is 1.93. The van der Waals surface area contributed by atoms with Crippen LogP contribution >= 0.6 is 11.3 Å². The van der Waals surface area contributed by atoms with Gasteiger partial charge >= 0.3 is 0 Å². The van der Waals surface area contributed by atoms with Crippen LogP contribution in [0.25, 0.3) is 0 Å². The van der Waals surface area contributed by atoms with Crippen LogP contribution in [0.2, 0.25) is 0 Å². The van der Waals surface area contributed by atoms with Crippen LogP contribution in [-0.2, 0) is 16.6 Å². The van der Waals surface area contributed by atoms with E-state index in [9.17, 15) is 8.42 Å². The molecule has 98 valence electrons. The lowest BCUT2D eigenvalue weighted by Gasteiger charge is -2.07. The number of thiophene rings is 1. The van der Waals surface area contributed by atoms with Crippen LogP contribution < -0.4 is 10.0 Å². The lowest BCUT2D eigenvalue weighted by atomic mass is 10.4. The molecule has 0 unspecified atom stereocenters. The van der Waals surface area contributed by atoms with Crippen LogP contribution in [0.15, 0.2) is 16.3 Å². The maximum absolute atomic E-state index is 11.9. The van der Waals surface area contributed by atoms with Crippen molar-refractivity contribution in [3.05, 3.63) is 17.0 Å². The van der Waals surface area contributed by atoms with Crippen LogP contribution in [0.3, 0.4) is 0 Å². The maximum atomic E-state index is 11.9. The van der Waals surface area contributed by atoms with Crippen LogP contribution in [0.1, 0.15) is 32.1 Å². The smallest absolute Gasteiger partial charge is 0.250 e. The molecule has 4 nitrogen and oxygen atoms in total. The first-order valence-corrected chi connectivity index (χ1v) is 8.07. The Morgan fingerprint density at radius 2 is 2.06 bits per heavy atom. The summed E-state index contributed by atoms with van der Waals surface area (Å²) in [4.78, 5) is 1.04. The van der Waals surface area contributed by atoms with Gasteiger partial charge in [0, 0.05) is 17.5 Å². The van der Waals surface area contributed by atoms with E-state index in [1.165, 1.54) is 11.3 Å². The largest absolute Gasteiger partial charge is 0.312 e. The van der Waals surface area contributed by atoms with Gasteiger partial charge < -0.3 is 5.32 Å². The highest BCUT2D eigenvalue weighted by Crippen LogP contribution is 2.21. The second kappa shape index (κ2) is 6.49. The molecule has 6 heteroatoms. The molecule has 0 amide bonds. The number of nitrogens with one attached hydrogen (secondary N) is 2. The zero-order chi connectivity index (χ0) is 12.9. The van der Waals surface area contributed by atoms with Crippen molar-refractivity contribution in [2.45, 2.75) is 44.0 Å². The molecule has 1 rings (SSSR count). The van der Waals surface area contributed by atoms with Crippen molar-refractivity contribution in [1.29, 1.82) is 0 Å².